The van der Waals surface area contributed by atoms with Crippen LogP contribution in [0.1, 0.15) is 35.5 Å². The Labute approximate surface area is 107 Å². The Morgan fingerprint density at radius 1 is 1.44 bits per heavy atom. The fourth-order valence-electron chi connectivity index (χ4n) is 2.26. The summed E-state index contributed by atoms with van der Waals surface area (Å²) in [5.41, 5.74) is 7.13. The van der Waals surface area contributed by atoms with Gasteiger partial charge in [-0.2, -0.15) is 10.2 Å². The summed E-state index contributed by atoms with van der Waals surface area (Å²) in [5, 5.41) is 8.71. The lowest BCUT2D eigenvalue weighted by molar-refractivity contribution is 0.623. The summed E-state index contributed by atoms with van der Waals surface area (Å²) in [7, 11) is 1.94. The van der Waals surface area contributed by atoms with Crippen LogP contribution in [-0.2, 0) is 13.6 Å². The molecule has 0 aliphatic rings. The number of hydrazine groups is 1. The average Bonchev–Trinajstić information content (AvgIpc) is 2.91. The molecule has 0 bridgehead atoms. The van der Waals surface area contributed by atoms with Gasteiger partial charge in [0.05, 0.1) is 17.9 Å². The molecule has 3 N–H and O–H groups in total. The molecule has 1 atom stereocenters. The zero-order valence-corrected chi connectivity index (χ0v) is 11.3. The summed E-state index contributed by atoms with van der Waals surface area (Å²) in [5.74, 6) is 5.71. The molecule has 0 saturated heterocycles. The molecule has 2 heterocycles. The normalized spacial score (nSPS) is 12.9. The van der Waals surface area contributed by atoms with Crippen molar-refractivity contribution in [3.05, 3.63) is 34.9 Å². The molecule has 6 heteroatoms. The van der Waals surface area contributed by atoms with Crippen LogP contribution in [0.3, 0.4) is 0 Å². The van der Waals surface area contributed by atoms with Crippen molar-refractivity contribution in [3.63, 3.8) is 0 Å². The molecule has 0 aliphatic heterocycles. The van der Waals surface area contributed by atoms with E-state index in [4.69, 9.17) is 5.84 Å². The number of aromatic nitrogens is 4. The standard InChI is InChI=1S/C12H20N6/c1-5-18-7-10(6-14-18)12(15-13)11-8(2)16-17(4)9(11)3/h6-7,12,15H,5,13H2,1-4H3. The maximum absolute atomic E-state index is 5.71. The molecule has 0 amide bonds. The predicted molar refractivity (Wildman–Crippen MR) is 69.7 cm³/mol. The second-order valence-electron chi connectivity index (χ2n) is 4.44. The van der Waals surface area contributed by atoms with E-state index in [-0.39, 0.29) is 6.04 Å². The zero-order valence-electron chi connectivity index (χ0n) is 11.3. The molecule has 0 radical (unpaired) electrons. The summed E-state index contributed by atoms with van der Waals surface area (Å²) in [6.45, 7) is 6.95. The Hall–Kier alpha value is -1.66. The minimum absolute atomic E-state index is 0.0704. The quantitative estimate of drug-likeness (QED) is 0.620. The van der Waals surface area contributed by atoms with Gasteiger partial charge in [-0.25, -0.2) is 5.43 Å². The summed E-state index contributed by atoms with van der Waals surface area (Å²) in [6.07, 6.45) is 3.86. The third-order valence-corrected chi connectivity index (χ3v) is 3.33. The molecule has 6 nitrogen and oxygen atoms in total. The molecule has 0 saturated carbocycles. The van der Waals surface area contributed by atoms with Crippen LogP contribution < -0.4 is 11.3 Å². The fraction of sp³-hybridized carbons (Fsp3) is 0.500. The van der Waals surface area contributed by atoms with Gasteiger partial charge in [0.15, 0.2) is 0 Å². The van der Waals surface area contributed by atoms with Gasteiger partial charge in [0.25, 0.3) is 0 Å². The summed E-state index contributed by atoms with van der Waals surface area (Å²) in [6, 6.07) is -0.0704. The van der Waals surface area contributed by atoms with E-state index in [1.807, 2.05) is 42.7 Å². The molecule has 2 rings (SSSR count). The molecule has 2 aromatic rings. The van der Waals surface area contributed by atoms with Gasteiger partial charge >= 0.3 is 0 Å². The van der Waals surface area contributed by atoms with Crippen LogP contribution in [0.15, 0.2) is 12.4 Å². The number of nitrogens with one attached hydrogen (secondary N) is 1. The highest BCUT2D eigenvalue weighted by Crippen LogP contribution is 2.26. The van der Waals surface area contributed by atoms with Crippen LogP contribution in [0.4, 0.5) is 0 Å². The first kappa shape index (κ1) is 12.8. The molecule has 98 valence electrons. The van der Waals surface area contributed by atoms with Crippen LogP contribution in [0.25, 0.3) is 0 Å². The second kappa shape index (κ2) is 4.91. The van der Waals surface area contributed by atoms with Gasteiger partial charge in [-0.3, -0.25) is 15.2 Å². The van der Waals surface area contributed by atoms with Crippen molar-refractivity contribution in [2.24, 2.45) is 12.9 Å². The van der Waals surface area contributed by atoms with Gasteiger partial charge in [0, 0.05) is 36.6 Å². The molecule has 0 aromatic carbocycles. The van der Waals surface area contributed by atoms with E-state index < -0.39 is 0 Å². The van der Waals surface area contributed by atoms with Crippen LogP contribution in [0.2, 0.25) is 0 Å². The molecular weight excluding hydrogens is 228 g/mol. The SMILES string of the molecule is CCn1cc(C(NN)c2c(C)nn(C)c2C)cn1. The largest absolute Gasteiger partial charge is 0.273 e. The zero-order chi connectivity index (χ0) is 13.3. The minimum atomic E-state index is -0.0704. The van der Waals surface area contributed by atoms with Gasteiger partial charge in [0.1, 0.15) is 0 Å². The van der Waals surface area contributed by atoms with Crippen molar-refractivity contribution in [2.45, 2.75) is 33.4 Å². The van der Waals surface area contributed by atoms with E-state index in [9.17, 15) is 0 Å². The first-order valence-corrected chi connectivity index (χ1v) is 6.07. The second-order valence-corrected chi connectivity index (χ2v) is 4.44. The van der Waals surface area contributed by atoms with E-state index >= 15 is 0 Å². The van der Waals surface area contributed by atoms with Crippen LogP contribution in [-0.4, -0.2) is 19.6 Å². The number of nitrogens with two attached hydrogens (primary N) is 1. The Morgan fingerprint density at radius 3 is 2.61 bits per heavy atom. The van der Waals surface area contributed by atoms with Gasteiger partial charge in [-0.15, -0.1) is 0 Å². The number of nitrogens with zero attached hydrogens (tertiary/aromatic N) is 4. The third kappa shape index (κ3) is 2.04. The lowest BCUT2D eigenvalue weighted by Gasteiger charge is -2.15. The van der Waals surface area contributed by atoms with E-state index in [0.29, 0.717) is 0 Å². The van der Waals surface area contributed by atoms with Crippen molar-refractivity contribution in [3.8, 4) is 0 Å². The molecule has 0 spiro atoms. The highest BCUT2D eigenvalue weighted by Gasteiger charge is 2.21. The lowest BCUT2D eigenvalue weighted by Crippen LogP contribution is -2.29. The molecule has 1 unspecified atom stereocenters. The van der Waals surface area contributed by atoms with Crippen molar-refractivity contribution in [2.75, 3.05) is 0 Å². The maximum atomic E-state index is 5.71. The number of hydrogen-bond donors (Lipinski definition) is 2. The van der Waals surface area contributed by atoms with E-state index in [1.165, 1.54) is 0 Å². The third-order valence-electron chi connectivity index (χ3n) is 3.33. The number of hydrogen-bond acceptors (Lipinski definition) is 4. The molecular formula is C12H20N6. The topological polar surface area (TPSA) is 73.7 Å². The Bertz CT molecular complexity index is 539. The van der Waals surface area contributed by atoms with Crippen molar-refractivity contribution in [1.82, 2.24) is 25.0 Å². The van der Waals surface area contributed by atoms with Crippen molar-refractivity contribution >= 4 is 0 Å². The minimum Gasteiger partial charge on any atom is -0.273 e. The Balaban J connectivity index is 2.44. The van der Waals surface area contributed by atoms with Gasteiger partial charge in [0.2, 0.25) is 0 Å². The molecule has 18 heavy (non-hydrogen) atoms. The molecule has 0 aliphatic carbocycles. The Morgan fingerprint density at radius 2 is 2.17 bits per heavy atom. The maximum Gasteiger partial charge on any atom is 0.0776 e. The Kier molecular flexibility index (Phi) is 3.49. The highest BCUT2D eigenvalue weighted by atomic mass is 15.3. The lowest BCUT2D eigenvalue weighted by atomic mass is 10.0. The van der Waals surface area contributed by atoms with E-state index in [1.54, 1.807) is 0 Å². The summed E-state index contributed by atoms with van der Waals surface area (Å²) >= 11 is 0. The summed E-state index contributed by atoms with van der Waals surface area (Å²) < 4.78 is 3.76. The fourth-order valence-corrected chi connectivity index (χ4v) is 2.26. The first-order chi connectivity index (χ1) is 8.58. The van der Waals surface area contributed by atoms with Gasteiger partial charge in [-0.1, -0.05) is 0 Å². The smallest absolute Gasteiger partial charge is 0.0776 e. The van der Waals surface area contributed by atoms with Crippen LogP contribution in [0, 0.1) is 13.8 Å². The molecule has 0 fully saturated rings. The van der Waals surface area contributed by atoms with Gasteiger partial charge < -0.3 is 0 Å². The average molecular weight is 248 g/mol. The number of aryl methyl sites for hydroxylation is 3. The summed E-state index contributed by atoms with van der Waals surface area (Å²) in [4.78, 5) is 0. The van der Waals surface area contributed by atoms with Crippen LogP contribution >= 0.6 is 0 Å². The predicted octanol–water partition coefficient (Wildman–Crippen LogP) is 0.806. The number of rotatable bonds is 4. The first-order valence-electron chi connectivity index (χ1n) is 6.07. The molecule has 2 aromatic heterocycles. The van der Waals surface area contributed by atoms with Gasteiger partial charge in [-0.05, 0) is 20.8 Å². The van der Waals surface area contributed by atoms with Crippen molar-refractivity contribution in [1.29, 1.82) is 0 Å². The van der Waals surface area contributed by atoms with E-state index in [2.05, 4.69) is 22.5 Å². The van der Waals surface area contributed by atoms with Crippen molar-refractivity contribution < 1.29 is 0 Å². The monoisotopic (exact) mass is 248 g/mol. The van der Waals surface area contributed by atoms with E-state index in [0.717, 1.165) is 29.1 Å². The highest BCUT2D eigenvalue weighted by molar-refractivity contribution is 5.35. The van der Waals surface area contributed by atoms with Crippen LogP contribution in [0.5, 0.6) is 0 Å².